The molecule has 0 atom stereocenters. The molecule has 1 N–H and O–H groups in total. The van der Waals surface area contributed by atoms with Gasteiger partial charge in [-0.25, -0.2) is 8.42 Å². The Morgan fingerprint density at radius 3 is 2.56 bits per heavy atom. The molecule has 130 valence electrons. The van der Waals surface area contributed by atoms with Gasteiger partial charge in [-0.15, -0.1) is 0 Å². The zero-order chi connectivity index (χ0) is 18.2. The van der Waals surface area contributed by atoms with Crippen LogP contribution in [0.1, 0.15) is 16.7 Å². The third kappa shape index (κ3) is 3.74. The maximum absolute atomic E-state index is 12.3. The fourth-order valence-electron chi connectivity index (χ4n) is 2.66. The van der Waals surface area contributed by atoms with Gasteiger partial charge in [-0.05, 0) is 55.3 Å². The third-order valence-corrected chi connectivity index (χ3v) is 5.28. The van der Waals surface area contributed by atoms with E-state index in [0.29, 0.717) is 5.69 Å². The van der Waals surface area contributed by atoms with E-state index in [2.05, 4.69) is 5.32 Å². The predicted octanol–water partition coefficient (Wildman–Crippen LogP) is 3.63. The Kier molecular flexibility index (Phi) is 4.39. The van der Waals surface area contributed by atoms with E-state index in [1.54, 1.807) is 18.4 Å². The van der Waals surface area contributed by atoms with E-state index in [1.165, 1.54) is 12.1 Å². The van der Waals surface area contributed by atoms with E-state index in [4.69, 9.17) is 4.42 Å². The van der Waals surface area contributed by atoms with Crippen LogP contribution >= 0.6 is 0 Å². The SMILES string of the molecule is Cc1cc2occ(CC(=O)Nc3cccc(S(C)(=O)=O)c3)c2cc1C. The van der Waals surface area contributed by atoms with Crippen molar-refractivity contribution < 1.29 is 17.6 Å². The van der Waals surface area contributed by atoms with Gasteiger partial charge in [0.2, 0.25) is 5.91 Å². The van der Waals surface area contributed by atoms with Crippen LogP contribution in [0.25, 0.3) is 11.0 Å². The van der Waals surface area contributed by atoms with Crippen LogP contribution in [-0.2, 0) is 21.1 Å². The van der Waals surface area contributed by atoms with Crippen LogP contribution in [0.3, 0.4) is 0 Å². The normalized spacial score (nSPS) is 11.6. The van der Waals surface area contributed by atoms with Crippen LogP contribution in [0.4, 0.5) is 5.69 Å². The quantitative estimate of drug-likeness (QED) is 0.773. The van der Waals surface area contributed by atoms with Crippen molar-refractivity contribution in [2.45, 2.75) is 25.2 Å². The van der Waals surface area contributed by atoms with Gasteiger partial charge < -0.3 is 9.73 Å². The van der Waals surface area contributed by atoms with Crippen LogP contribution in [0.15, 0.2) is 52.0 Å². The van der Waals surface area contributed by atoms with Gasteiger partial charge in [0, 0.05) is 22.9 Å². The van der Waals surface area contributed by atoms with E-state index >= 15 is 0 Å². The molecule has 0 aliphatic heterocycles. The van der Waals surface area contributed by atoms with Crippen molar-refractivity contribution in [2.24, 2.45) is 0 Å². The molecular weight excluding hydrogens is 338 g/mol. The average Bonchev–Trinajstić information content (AvgIpc) is 2.89. The first kappa shape index (κ1) is 17.2. The maximum atomic E-state index is 12.3. The van der Waals surface area contributed by atoms with Crippen LogP contribution in [0.5, 0.6) is 0 Å². The lowest BCUT2D eigenvalue weighted by molar-refractivity contribution is -0.115. The minimum atomic E-state index is -3.32. The van der Waals surface area contributed by atoms with E-state index in [9.17, 15) is 13.2 Å². The summed E-state index contributed by atoms with van der Waals surface area (Å²) in [5.41, 5.74) is 4.28. The number of rotatable bonds is 4. The highest BCUT2D eigenvalue weighted by Gasteiger charge is 2.13. The summed E-state index contributed by atoms with van der Waals surface area (Å²) >= 11 is 0. The Morgan fingerprint density at radius 2 is 1.84 bits per heavy atom. The summed E-state index contributed by atoms with van der Waals surface area (Å²) in [6.07, 6.45) is 2.88. The first-order valence-corrected chi connectivity index (χ1v) is 9.70. The second-order valence-corrected chi connectivity index (χ2v) is 8.23. The fourth-order valence-corrected chi connectivity index (χ4v) is 3.32. The molecule has 0 unspecified atom stereocenters. The molecule has 3 rings (SSSR count). The summed E-state index contributed by atoms with van der Waals surface area (Å²) < 4.78 is 28.8. The molecule has 0 saturated heterocycles. The number of amides is 1. The Balaban J connectivity index is 1.81. The number of sulfone groups is 1. The summed E-state index contributed by atoms with van der Waals surface area (Å²) in [6, 6.07) is 10.2. The van der Waals surface area contributed by atoms with Gasteiger partial charge in [-0.1, -0.05) is 6.07 Å². The van der Waals surface area contributed by atoms with Crippen LogP contribution in [-0.4, -0.2) is 20.6 Å². The highest BCUT2D eigenvalue weighted by Crippen LogP contribution is 2.25. The van der Waals surface area contributed by atoms with Gasteiger partial charge in [0.1, 0.15) is 5.58 Å². The second kappa shape index (κ2) is 6.37. The Hall–Kier alpha value is -2.60. The zero-order valence-corrected chi connectivity index (χ0v) is 15.1. The van der Waals surface area contributed by atoms with Crippen LogP contribution < -0.4 is 5.32 Å². The smallest absolute Gasteiger partial charge is 0.228 e. The first-order chi connectivity index (χ1) is 11.7. The van der Waals surface area contributed by atoms with Crippen LogP contribution in [0, 0.1) is 13.8 Å². The topological polar surface area (TPSA) is 76.4 Å². The van der Waals surface area contributed by atoms with Crippen LogP contribution in [0.2, 0.25) is 0 Å². The minimum Gasteiger partial charge on any atom is -0.464 e. The lowest BCUT2D eigenvalue weighted by Gasteiger charge is -2.06. The molecule has 1 amide bonds. The third-order valence-electron chi connectivity index (χ3n) is 4.17. The molecule has 0 bridgehead atoms. The van der Waals surface area contributed by atoms with Crippen molar-refractivity contribution in [1.82, 2.24) is 0 Å². The largest absolute Gasteiger partial charge is 0.464 e. The number of nitrogens with one attached hydrogen (secondary N) is 1. The molecular formula is C19H19NO4S. The van der Waals surface area contributed by atoms with Crippen molar-refractivity contribution in [3.63, 3.8) is 0 Å². The number of hydrogen-bond donors (Lipinski definition) is 1. The molecule has 0 spiro atoms. The molecule has 0 radical (unpaired) electrons. The number of fused-ring (bicyclic) bond motifs is 1. The lowest BCUT2D eigenvalue weighted by Crippen LogP contribution is -2.14. The van der Waals surface area contributed by atoms with Crippen molar-refractivity contribution >= 4 is 32.4 Å². The summed E-state index contributed by atoms with van der Waals surface area (Å²) in [7, 11) is -3.32. The lowest BCUT2D eigenvalue weighted by atomic mass is 10.0. The number of aryl methyl sites for hydroxylation is 2. The average molecular weight is 357 g/mol. The van der Waals surface area contributed by atoms with Gasteiger partial charge in [-0.3, -0.25) is 4.79 Å². The van der Waals surface area contributed by atoms with E-state index in [1.807, 2.05) is 26.0 Å². The summed E-state index contributed by atoms with van der Waals surface area (Å²) in [5.74, 6) is -0.230. The molecule has 5 nitrogen and oxygen atoms in total. The van der Waals surface area contributed by atoms with Gasteiger partial charge >= 0.3 is 0 Å². The minimum absolute atomic E-state index is 0.151. The molecule has 0 saturated carbocycles. The molecule has 6 heteroatoms. The molecule has 25 heavy (non-hydrogen) atoms. The Morgan fingerprint density at radius 1 is 1.12 bits per heavy atom. The maximum Gasteiger partial charge on any atom is 0.228 e. The van der Waals surface area contributed by atoms with E-state index < -0.39 is 9.84 Å². The number of carbonyl (C=O) groups excluding carboxylic acids is 1. The summed E-state index contributed by atoms with van der Waals surface area (Å²) in [6.45, 7) is 4.03. The fraction of sp³-hybridized carbons (Fsp3) is 0.211. The molecule has 1 aromatic heterocycles. The summed E-state index contributed by atoms with van der Waals surface area (Å²) in [4.78, 5) is 12.5. The number of benzene rings is 2. The van der Waals surface area contributed by atoms with Crippen molar-refractivity contribution in [2.75, 3.05) is 11.6 Å². The predicted molar refractivity (Wildman–Crippen MR) is 97.6 cm³/mol. The van der Waals surface area contributed by atoms with E-state index in [-0.39, 0.29) is 17.2 Å². The monoisotopic (exact) mass is 357 g/mol. The number of carbonyl (C=O) groups is 1. The van der Waals surface area contributed by atoms with Crippen molar-refractivity contribution in [1.29, 1.82) is 0 Å². The standard InChI is InChI=1S/C19H19NO4S/c1-12-7-17-14(11-24-18(17)8-13(12)2)9-19(21)20-15-5-4-6-16(10-15)25(3,22)23/h4-8,10-11H,9H2,1-3H3,(H,20,21). The number of furan rings is 1. The summed E-state index contributed by atoms with van der Waals surface area (Å²) in [5, 5.41) is 3.66. The van der Waals surface area contributed by atoms with E-state index in [0.717, 1.165) is 33.9 Å². The second-order valence-electron chi connectivity index (χ2n) is 6.22. The molecule has 1 heterocycles. The van der Waals surface area contributed by atoms with Gasteiger partial charge in [0.05, 0.1) is 17.6 Å². The Labute approximate surface area is 146 Å². The molecule has 0 fully saturated rings. The molecule has 2 aromatic carbocycles. The highest BCUT2D eigenvalue weighted by atomic mass is 32.2. The van der Waals surface area contributed by atoms with Gasteiger partial charge in [-0.2, -0.15) is 0 Å². The van der Waals surface area contributed by atoms with Gasteiger partial charge in [0.25, 0.3) is 0 Å². The zero-order valence-electron chi connectivity index (χ0n) is 14.3. The van der Waals surface area contributed by atoms with Crippen molar-refractivity contribution in [3.05, 3.63) is 59.4 Å². The van der Waals surface area contributed by atoms with Crippen molar-refractivity contribution in [3.8, 4) is 0 Å². The molecule has 0 aliphatic rings. The highest BCUT2D eigenvalue weighted by molar-refractivity contribution is 7.90. The van der Waals surface area contributed by atoms with Gasteiger partial charge in [0.15, 0.2) is 9.84 Å². The molecule has 0 aliphatic carbocycles. The number of hydrogen-bond acceptors (Lipinski definition) is 4. The Bertz CT molecular complexity index is 1060. The number of anilines is 1. The molecule has 3 aromatic rings. The first-order valence-electron chi connectivity index (χ1n) is 7.81.